The molecule has 0 spiro atoms. The molecule has 1 fully saturated rings. The lowest BCUT2D eigenvalue weighted by Gasteiger charge is -2.40. The fraction of sp³-hybridized carbons (Fsp3) is 0.360. The van der Waals surface area contributed by atoms with E-state index in [9.17, 15) is 18.0 Å². The standard InChI is InChI=1S/C25H26F3N5O/c1-16-7-9-19(21-6-3-11-31-32-21)20(13-16)24(34)33-12-4-5-17(2)22(33)15-30-23-10-8-18(14-29-23)25(26,27)28/h3,6-11,13-14,17,22H,4-5,12,15H2,1-2H3,(H,29,30)/t17-,22?/m1/s1. The number of halogens is 3. The Labute approximate surface area is 196 Å². The van der Waals surface area contributed by atoms with Crippen LogP contribution in [0.15, 0.2) is 54.9 Å². The van der Waals surface area contributed by atoms with Crippen molar-refractivity contribution in [3.05, 3.63) is 71.5 Å². The van der Waals surface area contributed by atoms with Gasteiger partial charge in [0.15, 0.2) is 0 Å². The van der Waals surface area contributed by atoms with Crippen LogP contribution in [0.5, 0.6) is 0 Å². The smallest absolute Gasteiger partial charge is 0.368 e. The zero-order valence-corrected chi connectivity index (χ0v) is 19.0. The highest BCUT2D eigenvalue weighted by atomic mass is 19.4. The normalized spacial score (nSPS) is 18.6. The molecule has 1 aromatic carbocycles. The van der Waals surface area contributed by atoms with Crippen LogP contribution in [-0.4, -0.2) is 45.1 Å². The minimum Gasteiger partial charge on any atom is -0.368 e. The van der Waals surface area contributed by atoms with Crippen molar-refractivity contribution >= 4 is 11.7 Å². The van der Waals surface area contributed by atoms with E-state index in [-0.39, 0.29) is 17.9 Å². The molecule has 2 atom stereocenters. The summed E-state index contributed by atoms with van der Waals surface area (Å²) in [7, 11) is 0. The molecule has 0 bridgehead atoms. The van der Waals surface area contributed by atoms with E-state index < -0.39 is 11.7 Å². The fourth-order valence-corrected chi connectivity index (χ4v) is 4.35. The number of carbonyl (C=O) groups is 1. The number of aryl methyl sites for hydroxylation is 1. The Kier molecular flexibility index (Phi) is 6.81. The van der Waals surface area contributed by atoms with E-state index in [1.807, 2.05) is 36.1 Å². The zero-order valence-electron chi connectivity index (χ0n) is 19.0. The number of likely N-dealkylation sites (tertiary alicyclic amines) is 1. The van der Waals surface area contributed by atoms with E-state index in [4.69, 9.17) is 0 Å². The van der Waals surface area contributed by atoms with Crippen molar-refractivity contribution < 1.29 is 18.0 Å². The maximum absolute atomic E-state index is 13.8. The largest absolute Gasteiger partial charge is 0.417 e. The molecule has 1 amide bonds. The molecule has 0 saturated carbocycles. The van der Waals surface area contributed by atoms with Crippen molar-refractivity contribution in [3.8, 4) is 11.3 Å². The molecule has 1 aliphatic rings. The van der Waals surface area contributed by atoms with Gasteiger partial charge in [0.2, 0.25) is 0 Å². The van der Waals surface area contributed by atoms with E-state index in [0.29, 0.717) is 30.2 Å². The predicted octanol–water partition coefficient (Wildman–Crippen LogP) is 5.22. The number of hydrogen-bond donors (Lipinski definition) is 1. The van der Waals surface area contributed by atoms with Gasteiger partial charge in [-0.15, -0.1) is 0 Å². The molecular weight excluding hydrogens is 443 g/mol. The minimum absolute atomic E-state index is 0.0944. The maximum Gasteiger partial charge on any atom is 0.417 e. The van der Waals surface area contributed by atoms with Gasteiger partial charge in [0.25, 0.3) is 5.91 Å². The van der Waals surface area contributed by atoms with Crippen LogP contribution in [-0.2, 0) is 6.18 Å². The number of amides is 1. The van der Waals surface area contributed by atoms with E-state index in [1.165, 1.54) is 6.07 Å². The van der Waals surface area contributed by atoms with Crippen molar-refractivity contribution in [1.29, 1.82) is 0 Å². The fourth-order valence-electron chi connectivity index (χ4n) is 4.35. The summed E-state index contributed by atoms with van der Waals surface area (Å²) in [5.74, 6) is 0.460. The number of alkyl halides is 3. The molecular formula is C25H26F3N5O. The first-order valence-electron chi connectivity index (χ1n) is 11.2. The predicted molar refractivity (Wildman–Crippen MR) is 123 cm³/mol. The number of hydrogen-bond acceptors (Lipinski definition) is 5. The minimum atomic E-state index is -4.43. The molecule has 2 aromatic heterocycles. The van der Waals surface area contributed by atoms with E-state index in [1.54, 1.807) is 12.3 Å². The number of anilines is 1. The average Bonchev–Trinajstić information content (AvgIpc) is 2.83. The summed E-state index contributed by atoms with van der Waals surface area (Å²) >= 11 is 0. The first-order valence-corrected chi connectivity index (χ1v) is 11.2. The van der Waals surface area contributed by atoms with E-state index in [2.05, 4.69) is 27.4 Å². The van der Waals surface area contributed by atoms with Gasteiger partial charge >= 0.3 is 6.18 Å². The van der Waals surface area contributed by atoms with E-state index in [0.717, 1.165) is 36.2 Å². The SMILES string of the molecule is Cc1ccc(-c2cccnn2)c(C(=O)N2CCC[C@@H](C)C2CNc2ccc(C(F)(F)F)cn2)c1. The second kappa shape index (κ2) is 9.79. The molecule has 9 heteroatoms. The molecule has 34 heavy (non-hydrogen) atoms. The Morgan fingerprint density at radius 3 is 2.71 bits per heavy atom. The number of nitrogens with zero attached hydrogens (tertiary/aromatic N) is 4. The molecule has 1 saturated heterocycles. The van der Waals surface area contributed by atoms with Crippen molar-refractivity contribution in [2.24, 2.45) is 5.92 Å². The molecule has 6 nitrogen and oxygen atoms in total. The summed E-state index contributed by atoms with van der Waals surface area (Å²) in [5.41, 5.74) is 2.08. The first kappa shape index (κ1) is 23.7. The number of rotatable bonds is 5. The second-order valence-corrected chi connectivity index (χ2v) is 8.65. The van der Waals surface area contributed by atoms with Crippen molar-refractivity contribution in [3.63, 3.8) is 0 Å². The van der Waals surface area contributed by atoms with Gasteiger partial charge < -0.3 is 10.2 Å². The Balaban J connectivity index is 1.57. The lowest BCUT2D eigenvalue weighted by atomic mass is 9.89. The summed E-state index contributed by atoms with van der Waals surface area (Å²) in [4.78, 5) is 19.5. The molecule has 3 heterocycles. The van der Waals surface area contributed by atoms with Gasteiger partial charge in [-0.3, -0.25) is 4.79 Å². The Bertz CT molecular complexity index is 1140. The third-order valence-electron chi connectivity index (χ3n) is 6.21. The van der Waals surface area contributed by atoms with Crippen molar-refractivity contribution in [2.45, 2.75) is 38.9 Å². The Hall–Kier alpha value is -3.49. The molecule has 4 rings (SSSR count). The van der Waals surface area contributed by atoms with Gasteiger partial charge in [0, 0.05) is 36.6 Å². The van der Waals surface area contributed by atoms with Crippen LogP contribution in [0.3, 0.4) is 0 Å². The van der Waals surface area contributed by atoms with Crippen molar-refractivity contribution in [1.82, 2.24) is 20.1 Å². The lowest BCUT2D eigenvalue weighted by molar-refractivity contribution is -0.137. The van der Waals surface area contributed by atoms with Crippen LogP contribution in [0.4, 0.5) is 19.0 Å². The molecule has 0 aliphatic carbocycles. The van der Waals surface area contributed by atoms with Gasteiger partial charge in [0.05, 0.1) is 17.3 Å². The molecule has 1 N–H and O–H groups in total. The number of pyridine rings is 1. The van der Waals surface area contributed by atoms with Gasteiger partial charge in [0.1, 0.15) is 5.82 Å². The van der Waals surface area contributed by atoms with Gasteiger partial charge in [-0.1, -0.05) is 24.6 Å². The number of aromatic nitrogens is 3. The third kappa shape index (κ3) is 5.18. The second-order valence-electron chi connectivity index (χ2n) is 8.65. The van der Waals surface area contributed by atoms with Crippen LogP contribution < -0.4 is 5.32 Å². The highest BCUT2D eigenvalue weighted by Crippen LogP contribution is 2.31. The van der Waals surface area contributed by atoms with Crippen molar-refractivity contribution in [2.75, 3.05) is 18.4 Å². The number of benzene rings is 1. The maximum atomic E-state index is 13.8. The zero-order chi connectivity index (χ0) is 24.3. The van der Waals surface area contributed by atoms with E-state index >= 15 is 0 Å². The number of carbonyl (C=O) groups excluding carboxylic acids is 1. The van der Waals surface area contributed by atoms with Crippen LogP contribution in [0.1, 0.15) is 41.3 Å². The molecule has 0 radical (unpaired) electrons. The van der Waals surface area contributed by atoms with Gasteiger partial charge in [-0.2, -0.15) is 23.4 Å². The quantitative estimate of drug-likeness (QED) is 0.555. The Morgan fingerprint density at radius 1 is 1.21 bits per heavy atom. The summed E-state index contributed by atoms with van der Waals surface area (Å²) in [6, 6.07) is 11.5. The Morgan fingerprint density at radius 2 is 2.03 bits per heavy atom. The highest BCUT2D eigenvalue weighted by molar-refractivity contribution is 6.01. The molecule has 178 valence electrons. The first-order chi connectivity index (χ1) is 16.2. The summed E-state index contributed by atoms with van der Waals surface area (Å²) in [6.45, 7) is 5.01. The van der Waals surface area contributed by atoms with Crippen LogP contribution >= 0.6 is 0 Å². The topological polar surface area (TPSA) is 71.0 Å². The lowest BCUT2D eigenvalue weighted by Crippen LogP contribution is -2.51. The summed E-state index contributed by atoms with van der Waals surface area (Å²) < 4.78 is 38.5. The molecule has 1 aliphatic heterocycles. The third-order valence-corrected chi connectivity index (χ3v) is 6.21. The number of nitrogens with one attached hydrogen (secondary N) is 1. The van der Waals surface area contributed by atoms with Crippen LogP contribution in [0.25, 0.3) is 11.3 Å². The highest BCUT2D eigenvalue weighted by Gasteiger charge is 2.34. The van der Waals surface area contributed by atoms with Crippen LogP contribution in [0, 0.1) is 12.8 Å². The van der Waals surface area contributed by atoms with Gasteiger partial charge in [-0.05, 0) is 56.0 Å². The molecule has 3 aromatic rings. The van der Waals surface area contributed by atoms with Gasteiger partial charge in [-0.25, -0.2) is 4.98 Å². The summed E-state index contributed by atoms with van der Waals surface area (Å²) in [6.07, 6.45) is -0.186. The number of piperidine rings is 1. The monoisotopic (exact) mass is 469 g/mol. The average molecular weight is 470 g/mol. The summed E-state index contributed by atoms with van der Waals surface area (Å²) in [5, 5.41) is 11.2. The molecule has 1 unspecified atom stereocenters. The van der Waals surface area contributed by atoms with Crippen LogP contribution in [0.2, 0.25) is 0 Å².